The lowest BCUT2D eigenvalue weighted by Crippen LogP contribution is -2.42. The first-order chi connectivity index (χ1) is 10.0. The Hall–Kier alpha value is -1.00. The second kappa shape index (κ2) is 9.11. The molecule has 21 heavy (non-hydrogen) atoms. The van der Waals surface area contributed by atoms with Crippen LogP contribution in [0.3, 0.4) is 0 Å². The molecule has 1 aromatic rings. The summed E-state index contributed by atoms with van der Waals surface area (Å²) in [6, 6.07) is 6.53. The first-order valence-electron chi connectivity index (χ1n) is 7.63. The molecule has 0 saturated carbocycles. The standard InChI is InChI=1S/C17H27NO2S/c1-5-15(6-2)18(9-10-19)17(20)12-21-16-11-13(3)7-8-14(16)4/h7-8,11,15,19H,5-6,9-10,12H2,1-4H3. The van der Waals surface area contributed by atoms with Crippen LogP contribution in [0.4, 0.5) is 0 Å². The lowest BCUT2D eigenvalue weighted by atomic mass is 10.1. The molecule has 118 valence electrons. The molecule has 1 rings (SSSR count). The summed E-state index contributed by atoms with van der Waals surface area (Å²) >= 11 is 1.59. The molecule has 0 aliphatic heterocycles. The Morgan fingerprint density at radius 1 is 1.29 bits per heavy atom. The number of aliphatic hydroxyl groups excluding tert-OH is 1. The van der Waals surface area contributed by atoms with Crippen LogP contribution in [0.1, 0.15) is 37.8 Å². The summed E-state index contributed by atoms with van der Waals surface area (Å²) in [7, 11) is 0. The highest BCUT2D eigenvalue weighted by Gasteiger charge is 2.20. The minimum Gasteiger partial charge on any atom is -0.395 e. The molecule has 0 aliphatic rings. The Balaban J connectivity index is 2.71. The number of amides is 1. The molecular weight excluding hydrogens is 282 g/mol. The van der Waals surface area contributed by atoms with E-state index in [-0.39, 0.29) is 18.6 Å². The van der Waals surface area contributed by atoms with Gasteiger partial charge in [0.15, 0.2) is 0 Å². The Labute approximate surface area is 132 Å². The topological polar surface area (TPSA) is 40.5 Å². The van der Waals surface area contributed by atoms with Crippen LogP contribution >= 0.6 is 11.8 Å². The maximum atomic E-state index is 12.5. The van der Waals surface area contributed by atoms with Crippen LogP contribution in [0.25, 0.3) is 0 Å². The molecule has 0 spiro atoms. The third-order valence-electron chi connectivity index (χ3n) is 3.74. The van der Waals surface area contributed by atoms with Gasteiger partial charge in [-0.15, -0.1) is 11.8 Å². The number of thioether (sulfide) groups is 1. The number of carbonyl (C=O) groups is 1. The summed E-state index contributed by atoms with van der Waals surface area (Å²) in [5, 5.41) is 9.19. The molecule has 0 aromatic heterocycles. The fourth-order valence-corrected chi connectivity index (χ4v) is 3.44. The van der Waals surface area contributed by atoms with Crippen molar-refractivity contribution in [3.63, 3.8) is 0 Å². The Bertz CT molecular complexity index is 458. The highest BCUT2D eigenvalue weighted by molar-refractivity contribution is 8.00. The van der Waals surface area contributed by atoms with Gasteiger partial charge in [-0.3, -0.25) is 4.79 Å². The molecule has 3 nitrogen and oxygen atoms in total. The minimum absolute atomic E-state index is 0.0242. The van der Waals surface area contributed by atoms with Crippen molar-refractivity contribution >= 4 is 17.7 Å². The fourth-order valence-electron chi connectivity index (χ4n) is 2.43. The number of hydrogen-bond acceptors (Lipinski definition) is 3. The van der Waals surface area contributed by atoms with E-state index < -0.39 is 0 Å². The second-order valence-corrected chi connectivity index (χ2v) is 6.36. The van der Waals surface area contributed by atoms with E-state index in [1.807, 2.05) is 4.90 Å². The average molecular weight is 309 g/mol. The molecule has 0 aliphatic carbocycles. The van der Waals surface area contributed by atoms with Crippen molar-refractivity contribution in [1.29, 1.82) is 0 Å². The number of carbonyl (C=O) groups excluding carboxylic acids is 1. The summed E-state index contributed by atoms with van der Waals surface area (Å²) in [5.74, 6) is 0.546. The number of rotatable bonds is 8. The van der Waals surface area contributed by atoms with Crippen LogP contribution < -0.4 is 0 Å². The van der Waals surface area contributed by atoms with Crippen LogP contribution in [-0.2, 0) is 4.79 Å². The Kier molecular flexibility index (Phi) is 7.83. The average Bonchev–Trinajstić information content (AvgIpc) is 2.48. The van der Waals surface area contributed by atoms with Gasteiger partial charge in [-0.25, -0.2) is 0 Å². The maximum absolute atomic E-state index is 12.5. The molecule has 0 bridgehead atoms. The van der Waals surface area contributed by atoms with E-state index in [1.165, 1.54) is 11.1 Å². The zero-order valence-electron chi connectivity index (χ0n) is 13.6. The number of aliphatic hydroxyl groups is 1. The SMILES string of the molecule is CCC(CC)N(CCO)C(=O)CSc1cc(C)ccc1C. The lowest BCUT2D eigenvalue weighted by Gasteiger charge is -2.30. The highest BCUT2D eigenvalue weighted by atomic mass is 32.2. The van der Waals surface area contributed by atoms with E-state index in [4.69, 9.17) is 0 Å². The number of hydrogen-bond donors (Lipinski definition) is 1. The van der Waals surface area contributed by atoms with Crippen molar-refractivity contribution in [2.24, 2.45) is 0 Å². The number of nitrogens with zero attached hydrogens (tertiary/aromatic N) is 1. The van der Waals surface area contributed by atoms with E-state index >= 15 is 0 Å². The minimum atomic E-state index is 0.0242. The van der Waals surface area contributed by atoms with Gasteiger partial charge in [-0.2, -0.15) is 0 Å². The molecule has 0 radical (unpaired) electrons. The van der Waals surface area contributed by atoms with E-state index in [1.54, 1.807) is 11.8 Å². The van der Waals surface area contributed by atoms with Gasteiger partial charge in [0.2, 0.25) is 5.91 Å². The lowest BCUT2D eigenvalue weighted by molar-refractivity contribution is -0.131. The van der Waals surface area contributed by atoms with E-state index in [9.17, 15) is 9.90 Å². The van der Waals surface area contributed by atoms with Crippen LogP contribution in [0.15, 0.2) is 23.1 Å². The predicted molar refractivity (Wildman–Crippen MR) is 89.8 cm³/mol. The van der Waals surface area contributed by atoms with Gasteiger partial charge in [0, 0.05) is 17.5 Å². The normalized spacial score (nSPS) is 11.0. The molecule has 0 atom stereocenters. The summed E-state index contributed by atoms with van der Waals surface area (Å²) in [4.78, 5) is 15.5. The van der Waals surface area contributed by atoms with Gasteiger partial charge in [0.05, 0.1) is 12.4 Å². The van der Waals surface area contributed by atoms with Crippen LogP contribution in [-0.4, -0.2) is 40.9 Å². The smallest absolute Gasteiger partial charge is 0.233 e. The van der Waals surface area contributed by atoms with Crippen LogP contribution in [0, 0.1) is 13.8 Å². The summed E-state index contributed by atoms with van der Waals surface area (Å²) in [6.45, 7) is 8.76. The zero-order chi connectivity index (χ0) is 15.8. The van der Waals surface area contributed by atoms with Gasteiger partial charge in [0.1, 0.15) is 0 Å². The molecule has 0 unspecified atom stereocenters. The quantitative estimate of drug-likeness (QED) is 0.748. The largest absolute Gasteiger partial charge is 0.395 e. The van der Waals surface area contributed by atoms with Gasteiger partial charge < -0.3 is 10.0 Å². The van der Waals surface area contributed by atoms with E-state index in [0.717, 1.165) is 17.7 Å². The number of aryl methyl sites for hydroxylation is 2. The molecule has 0 heterocycles. The summed E-state index contributed by atoms with van der Waals surface area (Å²) in [5.41, 5.74) is 2.41. The van der Waals surface area contributed by atoms with Crippen LogP contribution in [0.2, 0.25) is 0 Å². The third-order valence-corrected chi connectivity index (χ3v) is 4.88. The summed E-state index contributed by atoms with van der Waals surface area (Å²) in [6.07, 6.45) is 1.85. The maximum Gasteiger partial charge on any atom is 0.233 e. The zero-order valence-corrected chi connectivity index (χ0v) is 14.4. The Morgan fingerprint density at radius 2 is 1.95 bits per heavy atom. The predicted octanol–water partition coefficient (Wildman–Crippen LogP) is 3.41. The monoisotopic (exact) mass is 309 g/mol. The summed E-state index contributed by atoms with van der Waals surface area (Å²) < 4.78 is 0. The van der Waals surface area contributed by atoms with Crippen molar-refractivity contribution < 1.29 is 9.90 Å². The van der Waals surface area contributed by atoms with Crippen LogP contribution in [0.5, 0.6) is 0 Å². The van der Waals surface area contributed by atoms with Crippen molar-refractivity contribution in [3.05, 3.63) is 29.3 Å². The number of benzene rings is 1. The second-order valence-electron chi connectivity index (χ2n) is 5.34. The molecule has 1 amide bonds. The third kappa shape index (κ3) is 5.36. The molecule has 1 aromatic carbocycles. The molecule has 0 fully saturated rings. The first-order valence-corrected chi connectivity index (χ1v) is 8.62. The highest BCUT2D eigenvalue weighted by Crippen LogP contribution is 2.24. The van der Waals surface area contributed by atoms with E-state index in [0.29, 0.717) is 12.3 Å². The fraction of sp³-hybridized carbons (Fsp3) is 0.588. The van der Waals surface area contributed by atoms with E-state index in [2.05, 4.69) is 45.9 Å². The Morgan fingerprint density at radius 3 is 2.52 bits per heavy atom. The van der Waals surface area contributed by atoms with Gasteiger partial charge in [0.25, 0.3) is 0 Å². The van der Waals surface area contributed by atoms with Crippen molar-refractivity contribution in [2.75, 3.05) is 18.9 Å². The van der Waals surface area contributed by atoms with Gasteiger partial charge in [-0.1, -0.05) is 31.5 Å². The molecule has 1 N–H and O–H groups in total. The molecule has 0 saturated heterocycles. The molecule has 4 heteroatoms. The van der Waals surface area contributed by atoms with Gasteiger partial charge in [-0.05, 0) is 38.3 Å². The van der Waals surface area contributed by atoms with Crippen molar-refractivity contribution in [1.82, 2.24) is 4.90 Å². The van der Waals surface area contributed by atoms with Crippen molar-refractivity contribution in [3.8, 4) is 0 Å². The van der Waals surface area contributed by atoms with Gasteiger partial charge >= 0.3 is 0 Å². The first kappa shape index (κ1) is 18.1. The van der Waals surface area contributed by atoms with Crippen molar-refractivity contribution in [2.45, 2.75) is 51.5 Å². The molecular formula is C17H27NO2S.